The lowest BCUT2D eigenvalue weighted by atomic mass is 10.2. The quantitative estimate of drug-likeness (QED) is 0.848. The molecule has 0 fully saturated rings. The monoisotopic (exact) mass is 317 g/mol. The summed E-state index contributed by atoms with van der Waals surface area (Å²) in [6, 6.07) is 8.73. The number of thioether (sulfide) groups is 2. The highest BCUT2D eigenvalue weighted by Crippen LogP contribution is 2.51. The van der Waals surface area contributed by atoms with Crippen molar-refractivity contribution < 1.29 is 0 Å². The Balaban J connectivity index is 1.70. The van der Waals surface area contributed by atoms with Crippen molar-refractivity contribution in [3.63, 3.8) is 0 Å². The molecule has 7 heteroatoms. The van der Waals surface area contributed by atoms with Crippen LogP contribution in [0.1, 0.15) is 16.8 Å². The van der Waals surface area contributed by atoms with Crippen molar-refractivity contribution in [1.29, 1.82) is 0 Å². The van der Waals surface area contributed by atoms with Gasteiger partial charge >= 0.3 is 0 Å². The summed E-state index contributed by atoms with van der Waals surface area (Å²) in [5.74, 6) is 0.929. The van der Waals surface area contributed by atoms with Gasteiger partial charge in [0.15, 0.2) is 5.82 Å². The minimum Gasteiger partial charge on any atom is -0.378 e. The van der Waals surface area contributed by atoms with E-state index in [1.807, 2.05) is 18.7 Å². The summed E-state index contributed by atoms with van der Waals surface area (Å²) >= 11 is 3.51. The number of hydrogen-bond acceptors (Lipinski definition) is 6. The first-order valence-electron chi connectivity index (χ1n) is 6.67. The van der Waals surface area contributed by atoms with E-state index < -0.39 is 0 Å². The van der Waals surface area contributed by atoms with Crippen LogP contribution in [-0.2, 0) is 0 Å². The topological polar surface area (TPSA) is 37.2 Å². The molecule has 0 spiro atoms. The number of anilines is 1. The Kier molecular flexibility index (Phi) is 2.93. The number of hydrogen-bond donors (Lipinski definition) is 0. The van der Waals surface area contributed by atoms with Crippen molar-refractivity contribution in [2.45, 2.75) is 17.5 Å². The molecular weight excluding hydrogens is 302 g/mol. The second-order valence-electron chi connectivity index (χ2n) is 5.22. The van der Waals surface area contributed by atoms with Gasteiger partial charge in [-0.15, -0.1) is 10.2 Å². The highest BCUT2D eigenvalue weighted by atomic mass is 32.2. The average molecular weight is 317 g/mol. The zero-order chi connectivity index (χ0) is 14.6. The summed E-state index contributed by atoms with van der Waals surface area (Å²) in [5, 5.41) is 15.3. The number of aryl methyl sites for hydroxylation is 1. The first kappa shape index (κ1) is 13.1. The van der Waals surface area contributed by atoms with E-state index in [1.165, 1.54) is 16.3 Å². The van der Waals surface area contributed by atoms with Gasteiger partial charge in [0.05, 0.1) is 0 Å². The van der Waals surface area contributed by atoms with Crippen molar-refractivity contribution in [2.75, 3.05) is 24.0 Å². The third-order valence-electron chi connectivity index (χ3n) is 3.62. The molecule has 0 saturated carbocycles. The molecule has 0 saturated heterocycles. The van der Waals surface area contributed by atoms with Crippen molar-refractivity contribution in [1.82, 2.24) is 14.9 Å². The van der Waals surface area contributed by atoms with Crippen molar-refractivity contribution in [2.24, 2.45) is 0 Å². The molecule has 108 valence electrons. The standard InChI is InChI=1S/C14H15N5S2/c1-9-15-16-14-18(9)19-12(21-14)8-20-13(19)10-4-6-11(7-5-10)17(2)3/h4-8,13H,1-3H3. The maximum atomic E-state index is 4.22. The summed E-state index contributed by atoms with van der Waals surface area (Å²) in [7, 11) is 4.12. The molecule has 4 rings (SSSR count). The molecule has 1 aromatic heterocycles. The molecule has 2 aliphatic heterocycles. The molecular formula is C14H15N5S2. The van der Waals surface area contributed by atoms with Gasteiger partial charge in [-0.05, 0) is 36.4 Å². The van der Waals surface area contributed by atoms with Gasteiger partial charge in [-0.2, -0.15) is 0 Å². The summed E-state index contributed by atoms with van der Waals surface area (Å²) < 4.78 is 2.11. The molecule has 0 aliphatic carbocycles. The molecule has 2 aromatic rings. The Morgan fingerprint density at radius 2 is 1.90 bits per heavy atom. The second-order valence-corrected chi connectivity index (χ2v) is 7.16. The van der Waals surface area contributed by atoms with E-state index in [0.29, 0.717) is 0 Å². The number of aromatic nitrogens is 3. The predicted molar refractivity (Wildman–Crippen MR) is 88.0 cm³/mol. The Bertz CT molecular complexity index is 719. The Morgan fingerprint density at radius 3 is 2.62 bits per heavy atom. The molecule has 0 radical (unpaired) electrons. The van der Waals surface area contributed by atoms with Crippen molar-refractivity contribution in [3.8, 4) is 0 Å². The maximum absolute atomic E-state index is 4.22. The number of fused-ring (bicyclic) bond motifs is 3. The van der Waals surface area contributed by atoms with E-state index in [1.54, 1.807) is 11.8 Å². The number of nitrogens with zero attached hydrogens (tertiary/aromatic N) is 5. The fraction of sp³-hybridized carbons (Fsp3) is 0.286. The lowest BCUT2D eigenvalue weighted by Crippen LogP contribution is -2.30. The maximum Gasteiger partial charge on any atom is 0.216 e. The highest BCUT2D eigenvalue weighted by Gasteiger charge is 2.38. The fourth-order valence-corrected chi connectivity index (χ4v) is 4.80. The molecule has 5 nitrogen and oxygen atoms in total. The van der Waals surface area contributed by atoms with Crippen LogP contribution in [0.2, 0.25) is 0 Å². The molecule has 2 aliphatic rings. The predicted octanol–water partition coefficient (Wildman–Crippen LogP) is 2.94. The molecule has 0 bridgehead atoms. The summed E-state index contributed by atoms with van der Waals surface area (Å²) in [5.41, 5.74) is 2.50. The summed E-state index contributed by atoms with van der Waals surface area (Å²) in [6.07, 6.45) is 0. The number of benzene rings is 1. The molecule has 3 heterocycles. The smallest absolute Gasteiger partial charge is 0.216 e. The Morgan fingerprint density at radius 1 is 1.14 bits per heavy atom. The van der Waals surface area contributed by atoms with E-state index in [2.05, 4.69) is 68.6 Å². The lowest BCUT2D eigenvalue weighted by Gasteiger charge is -2.25. The van der Waals surface area contributed by atoms with Crippen LogP contribution in [0, 0.1) is 6.92 Å². The fourth-order valence-electron chi connectivity index (χ4n) is 2.52. The van der Waals surface area contributed by atoms with Crippen LogP contribution in [0.15, 0.2) is 39.9 Å². The van der Waals surface area contributed by atoms with E-state index in [9.17, 15) is 0 Å². The van der Waals surface area contributed by atoms with Gasteiger partial charge in [0.25, 0.3) is 0 Å². The van der Waals surface area contributed by atoms with Gasteiger partial charge in [0, 0.05) is 25.2 Å². The molecule has 0 amide bonds. The van der Waals surface area contributed by atoms with Crippen LogP contribution in [0.5, 0.6) is 0 Å². The molecule has 1 aromatic carbocycles. The van der Waals surface area contributed by atoms with Crippen LogP contribution < -0.4 is 9.91 Å². The van der Waals surface area contributed by atoms with Gasteiger partial charge in [-0.3, -0.25) is 5.01 Å². The number of rotatable bonds is 2. The zero-order valence-corrected chi connectivity index (χ0v) is 13.6. The van der Waals surface area contributed by atoms with Gasteiger partial charge < -0.3 is 4.90 Å². The minimum atomic E-state index is 0.250. The highest BCUT2D eigenvalue weighted by molar-refractivity contribution is 8.07. The van der Waals surface area contributed by atoms with Crippen LogP contribution >= 0.6 is 23.5 Å². The van der Waals surface area contributed by atoms with Gasteiger partial charge in [-0.25, -0.2) is 4.68 Å². The second kappa shape index (κ2) is 4.71. The van der Waals surface area contributed by atoms with E-state index in [4.69, 9.17) is 0 Å². The lowest BCUT2D eigenvalue weighted by molar-refractivity contribution is 0.618. The van der Waals surface area contributed by atoms with Gasteiger partial charge in [-0.1, -0.05) is 23.9 Å². The third-order valence-corrected chi connectivity index (χ3v) is 5.81. The largest absolute Gasteiger partial charge is 0.378 e. The third kappa shape index (κ3) is 1.95. The first-order chi connectivity index (χ1) is 10.1. The SMILES string of the molecule is Cc1nnc2n1N1C(=CSC1c1ccc(N(C)C)cc1)S2. The van der Waals surface area contributed by atoms with Crippen LogP contribution in [0.3, 0.4) is 0 Å². The van der Waals surface area contributed by atoms with Gasteiger partial charge in [0.1, 0.15) is 10.4 Å². The van der Waals surface area contributed by atoms with E-state index in [-0.39, 0.29) is 5.37 Å². The Labute approximate surface area is 132 Å². The van der Waals surface area contributed by atoms with Crippen LogP contribution in [0.4, 0.5) is 5.69 Å². The van der Waals surface area contributed by atoms with E-state index >= 15 is 0 Å². The minimum absolute atomic E-state index is 0.250. The summed E-state index contributed by atoms with van der Waals surface area (Å²) in [4.78, 5) is 2.11. The zero-order valence-electron chi connectivity index (χ0n) is 12.0. The average Bonchev–Trinajstić information content (AvgIpc) is 3.11. The Hall–Kier alpha value is -1.60. The molecule has 1 unspecified atom stereocenters. The molecule has 0 N–H and O–H groups in total. The van der Waals surface area contributed by atoms with Crippen molar-refractivity contribution in [3.05, 3.63) is 46.1 Å². The van der Waals surface area contributed by atoms with Crippen molar-refractivity contribution >= 4 is 29.2 Å². The summed E-state index contributed by atoms with van der Waals surface area (Å²) in [6.45, 7) is 2.00. The normalized spacial score (nSPS) is 19.5. The van der Waals surface area contributed by atoms with E-state index in [0.717, 1.165) is 11.0 Å². The molecule has 1 atom stereocenters. The molecule has 21 heavy (non-hydrogen) atoms. The van der Waals surface area contributed by atoms with Gasteiger partial charge in [0.2, 0.25) is 5.16 Å². The first-order valence-corrected chi connectivity index (χ1v) is 8.43. The van der Waals surface area contributed by atoms with Crippen LogP contribution in [0.25, 0.3) is 0 Å². The van der Waals surface area contributed by atoms with Crippen LogP contribution in [-0.4, -0.2) is 29.0 Å².